The second-order valence-electron chi connectivity index (χ2n) is 3.23. The number of carbonyl (C=O) groups is 1. The zero-order chi connectivity index (χ0) is 8.85. The number of halogens is 1. The summed E-state index contributed by atoms with van der Waals surface area (Å²) in [5.74, 6) is 0.586. The molecule has 1 atom stereocenters. The molecule has 0 aliphatic heterocycles. The Bertz CT molecular complexity index is 125. The largest absolute Gasteiger partial charge is 0.353 e. The van der Waals surface area contributed by atoms with E-state index in [1.807, 2.05) is 6.92 Å². The Hall–Kier alpha value is -0.240. The number of amides is 1. The lowest BCUT2D eigenvalue weighted by atomic mass is 10.1. The maximum absolute atomic E-state index is 10.8. The summed E-state index contributed by atoms with van der Waals surface area (Å²) < 4.78 is 0. The average molecular weight is 178 g/mol. The highest BCUT2D eigenvalue weighted by atomic mass is 35.5. The summed E-state index contributed by atoms with van der Waals surface area (Å²) >= 11 is 5.32. The van der Waals surface area contributed by atoms with Crippen molar-refractivity contribution in [3.05, 3.63) is 0 Å². The Morgan fingerprint density at radius 3 is 2.36 bits per heavy atom. The molecule has 0 saturated carbocycles. The lowest BCUT2D eigenvalue weighted by molar-refractivity contribution is -0.119. The number of alkyl halides is 1. The summed E-state index contributed by atoms with van der Waals surface area (Å²) in [6.45, 7) is 6.25. The standard InChI is InChI=1S/C8H16ClNO/c1-6(2)4-7(3)10-8(11)5-9/h6-7H,4-5H2,1-3H3,(H,10,11). The van der Waals surface area contributed by atoms with E-state index in [9.17, 15) is 4.79 Å². The van der Waals surface area contributed by atoms with Crippen molar-refractivity contribution < 1.29 is 4.79 Å². The van der Waals surface area contributed by atoms with Gasteiger partial charge in [0.1, 0.15) is 5.88 Å². The zero-order valence-corrected chi connectivity index (χ0v) is 8.11. The second kappa shape index (κ2) is 5.42. The van der Waals surface area contributed by atoms with Crippen molar-refractivity contribution >= 4 is 17.5 Å². The van der Waals surface area contributed by atoms with Gasteiger partial charge in [-0.05, 0) is 19.3 Å². The first kappa shape index (κ1) is 10.8. The smallest absolute Gasteiger partial charge is 0.235 e. The van der Waals surface area contributed by atoms with Crippen LogP contribution in [0.4, 0.5) is 0 Å². The molecule has 0 radical (unpaired) electrons. The van der Waals surface area contributed by atoms with Gasteiger partial charge in [-0.15, -0.1) is 11.6 Å². The topological polar surface area (TPSA) is 29.1 Å². The van der Waals surface area contributed by atoms with E-state index in [4.69, 9.17) is 11.6 Å². The van der Waals surface area contributed by atoms with Gasteiger partial charge in [-0.2, -0.15) is 0 Å². The van der Waals surface area contributed by atoms with Crippen LogP contribution < -0.4 is 5.32 Å². The van der Waals surface area contributed by atoms with E-state index in [0.717, 1.165) is 6.42 Å². The first-order valence-electron chi connectivity index (χ1n) is 3.91. The molecule has 66 valence electrons. The number of carbonyl (C=O) groups excluding carboxylic acids is 1. The Labute approximate surface area is 73.3 Å². The van der Waals surface area contributed by atoms with Crippen LogP contribution in [0.2, 0.25) is 0 Å². The molecule has 0 bridgehead atoms. The highest BCUT2D eigenvalue weighted by molar-refractivity contribution is 6.27. The van der Waals surface area contributed by atoms with E-state index in [1.165, 1.54) is 0 Å². The van der Waals surface area contributed by atoms with E-state index in [2.05, 4.69) is 19.2 Å². The van der Waals surface area contributed by atoms with E-state index in [1.54, 1.807) is 0 Å². The minimum absolute atomic E-state index is 0.0580. The minimum atomic E-state index is -0.0835. The monoisotopic (exact) mass is 177 g/mol. The molecule has 2 nitrogen and oxygen atoms in total. The Morgan fingerprint density at radius 2 is 2.00 bits per heavy atom. The minimum Gasteiger partial charge on any atom is -0.353 e. The van der Waals surface area contributed by atoms with Gasteiger partial charge < -0.3 is 5.32 Å². The average Bonchev–Trinajstić information content (AvgIpc) is 1.85. The van der Waals surface area contributed by atoms with Crippen LogP contribution in [-0.2, 0) is 4.79 Å². The van der Waals surface area contributed by atoms with Crippen LogP contribution in [0.15, 0.2) is 0 Å². The fourth-order valence-electron chi connectivity index (χ4n) is 1.08. The molecule has 11 heavy (non-hydrogen) atoms. The van der Waals surface area contributed by atoms with Crippen LogP contribution in [-0.4, -0.2) is 17.8 Å². The van der Waals surface area contributed by atoms with Gasteiger partial charge in [0.25, 0.3) is 0 Å². The van der Waals surface area contributed by atoms with Crippen LogP contribution in [0.3, 0.4) is 0 Å². The maximum Gasteiger partial charge on any atom is 0.235 e. The third-order valence-corrected chi connectivity index (χ3v) is 1.60. The molecule has 0 aromatic rings. The van der Waals surface area contributed by atoms with Crippen molar-refractivity contribution in [3.8, 4) is 0 Å². The van der Waals surface area contributed by atoms with Gasteiger partial charge in [0.15, 0.2) is 0 Å². The van der Waals surface area contributed by atoms with Gasteiger partial charge >= 0.3 is 0 Å². The molecule has 1 N–H and O–H groups in total. The van der Waals surface area contributed by atoms with Crippen molar-refractivity contribution in [2.75, 3.05) is 5.88 Å². The number of hydrogen-bond acceptors (Lipinski definition) is 1. The molecule has 0 fully saturated rings. The predicted molar refractivity (Wildman–Crippen MR) is 47.8 cm³/mol. The van der Waals surface area contributed by atoms with Crippen molar-refractivity contribution in [3.63, 3.8) is 0 Å². The van der Waals surface area contributed by atoms with Gasteiger partial charge in [-0.25, -0.2) is 0 Å². The van der Waals surface area contributed by atoms with Crippen molar-refractivity contribution in [2.24, 2.45) is 5.92 Å². The lowest BCUT2D eigenvalue weighted by Crippen LogP contribution is -2.34. The van der Waals surface area contributed by atoms with Crippen molar-refractivity contribution in [1.82, 2.24) is 5.32 Å². The quantitative estimate of drug-likeness (QED) is 0.652. The van der Waals surface area contributed by atoms with Gasteiger partial charge in [0.05, 0.1) is 0 Å². The van der Waals surface area contributed by atoms with E-state index in [-0.39, 0.29) is 17.8 Å². The first-order valence-corrected chi connectivity index (χ1v) is 4.45. The predicted octanol–water partition coefficient (Wildman–Crippen LogP) is 1.78. The summed E-state index contributed by atoms with van der Waals surface area (Å²) in [6.07, 6.45) is 1.00. The Morgan fingerprint density at radius 1 is 1.45 bits per heavy atom. The van der Waals surface area contributed by atoms with Gasteiger partial charge in [0.2, 0.25) is 5.91 Å². The number of nitrogens with one attached hydrogen (secondary N) is 1. The molecule has 0 saturated heterocycles. The molecule has 3 heteroatoms. The summed E-state index contributed by atoms with van der Waals surface area (Å²) in [5, 5.41) is 2.79. The van der Waals surface area contributed by atoms with Crippen molar-refractivity contribution in [1.29, 1.82) is 0 Å². The zero-order valence-electron chi connectivity index (χ0n) is 7.36. The molecular formula is C8H16ClNO. The number of rotatable bonds is 4. The third kappa shape index (κ3) is 6.17. The normalized spacial score (nSPS) is 13.2. The first-order chi connectivity index (χ1) is 5.06. The fraction of sp³-hybridized carbons (Fsp3) is 0.875. The van der Waals surface area contributed by atoms with Crippen LogP contribution in [0, 0.1) is 5.92 Å². The lowest BCUT2D eigenvalue weighted by Gasteiger charge is -2.14. The SMILES string of the molecule is CC(C)CC(C)NC(=O)CCl. The Balaban J connectivity index is 3.51. The van der Waals surface area contributed by atoms with Gasteiger partial charge in [0, 0.05) is 6.04 Å². The summed E-state index contributed by atoms with van der Waals surface area (Å²) in [6, 6.07) is 0.237. The fourth-order valence-corrected chi connectivity index (χ4v) is 1.16. The van der Waals surface area contributed by atoms with E-state index in [0.29, 0.717) is 5.92 Å². The molecule has 0 spiro atoms. The molecular weight excluding hydrogens is 162 g/mol. The van der Waals surface area contributed by atoms with Gasteiger partial charge in [-0.3, -0.25) is 4.79 Å². The molecule has 0 heterocycles. The van der Waals surface area contributed by atoms with E-state index < -0.39 is 0 Å². The van der Waals surface area contributed by atoms with Crippen LogP contribution in [0.1, 0.15) is 27.2 Å². The van der Waals surface area contributed by atoms with Crippen LogP contribution >= 0.6 is 11.6 Å². The van der Waals surface area contributed by atoms with Crippen molar-refractivity contribution in [2.45, 2.75) is 33.2 Å². The second-order valence-corrected chi connectivity index (χ2v) is 3.50. The molecule has 1 unspecified atom stereocenters. The molecule has 0 rings (SSSR count). The van der Waals surface area contributed by atoms with E-state index >= 15 is 0 Å². The Kier molecular flexibility index (Phi) is 5.30. The molecule has 0 aromatic carbocycles. The summed E-state index contributed by atoms with van der Waals surface area (Å²) in [4.78, 5) is 10.8. The molecule has 0 aromatic heterocycles. The highest BCUT2D eigenvalue weighted by Gasteiger charge is 2.06. The third-order valence-electron chi connectivity index (χ3n) is 1.35. The van der Waals surface area contributed by atoms with Crippen LogP contribution in [0.5, 0.6) is 0 Å². The maximum atomic E-state index is 10.8. The highest BCUT2D eigenvalue weighted by Crippen LogP contribution is 2.03. The number of hydrogen-bond donors (Lipinski definition) is 1. The van der Waals surface area contributed by atoms with Gasteiger partial charge in [-0.1, -0.05) is 13.8 Å². The molecule has 1 amide bonds. The molecule has 0 aliphatic rings. The molecule has 0 aliphatic carbocycles. The summed E-state index contributed by atoms with van der Waals surface area (Å²) in [5.41, 5.74) is 0. The summed E-state index contributed by atoms with van der Waals surface area (Å²) in [7, 11) is 0. The van der Waals surface area contributed by atoms with Crippen LogP contribution in [0.25, 0.3) is 0 Å².